The smallest absolute Gasteiger partial charge is 0.274 e. The van der Waals surface area contributed by atoms with E-state index in [1.807, 2.05) is 26.0 Å². The fourth-order valence-corrected chi connectivity index (χ4v) is 5.35. The number of nitrogens with one attached hydrogen (secondary N) is 1. The summed E-state index contributed by atoms with van der Waals surface area (Å²) in [7, 11) is 0. The van der Waals surface area contributed by atoms with Gasteiger partial charge >= 0.3 is 0 Å². The summed E-state index contributed by atoms with van der Waals surface area (Å²) in [6, 6.07) is 9.81. The van der Waals surface area contributed by atoms with Crippen LogP contribution in [0.25, 0.3) is 21.5 Å². The van der Waals surface area contributed by atoms with Crippen LogP contribution in [0.4, 0.5) is 8.78 Å². The number of benzene rings is 2. The van der Waals surface area contributed by atoms with Gasteiger partial charge in [0.1, 0.15) is 17.0 Å². The molecule has 0 saturated carbocycles. The lowest BCUT2D eigenvalue weighted by atomic mass is 9.97. The molecule has 3 heterocycles. The van der Waals surface area contributed by atoms with E-state index in [1.54, 1.807) is 17.0 Å². The fraction of sp³-hybridized carbons (Fsp3) is 0.261. The maximum absolute atomic E-state index is 14.3. The second-order valence-electron chi connectivity index (χ2n) is 8.09. The Morgan fingerprint density at radius 3 is 2.69 bits per heavy atom. The van der Waals surface area contributed by atoms with Crippen molar-refractivity contribution in [2.75, 3.05) is 6.54 Å². The van der Waals surface area contributed by atoms with Crippen molar-refractivity contribution in [2.45, 2.75) is 32.2 Å². The van der Waals surface area contributed by atoms with Crippen molar-refractivity contribution >= 4 is 39.9 Å². The van der Waals surface area contributed by atoms with Crippen LogP contribution in [0.15, 0.2) is 36.4 Å². The number of aromatic nitrogens is 3. The van der Waals surface area contributed by atoms with Crippen molar-refractivity contribution in [3.8, 4) is 10.4 Å². The molecule has 1 aliphatic rings. The highest BCUT2D eigenvalue weighted by molar-refractivity contribution is 7.15. The van der Waals surface area contributed by atoms with Crippen molar-refractivity contribution < 1.29 is 13.6 Å². The topological polar surface area (TPSA) is 61.9 Å². The largest absolute Gasteiger partial charge is 0.340 e. The molecule has 1 unspecified atom stereocenters. The van der Waals surface area contributed by atoms with Crippen LogP contribution in [0.1, 0.15) is 41.1 Å². The van der Waals surface area contributed by atoms with Gasteiger partial charge in [-0.2, -0.15) is 0 Å². The average Bonchev–Trinajstić information content (AvgIpc) is 3.48. The number of aromatic amines is 1. The monoisotopic (exact) mass is 472 g/mol. The van der Waals surface area contributed by atoms with Crippen LogP contribution in [0.3, 0.4) is 0 Å². The first kappa shape index (κ1) is 21.0. The van der Waals surface area contributed by atoms with E-state index in [4.69, 9.17) is 11.6 Å². The first-order valence-corrected chi connectivity index (χ1v) is 11.4. The van der Waals surface area contributed by atoms with Crippen molar-refractivity contribution in [1.29, 1.82) is 0 Å². The van der Waals surface area contributed by atoms with Gasteiger partial charge in [-0.05, 0) is 56.5 Å². The zero-order valence-corrected chi connectivity index (χ0v) is 18.9. The van der Waals surface area contributed by atoms with Crippen LogP contribution < -0.4 is 0 Å². The summed E-state index contributed by atoms with van der Waals surface area (Å²) in [5.74, 6) is -1.73. The van der Waals surface area contributed by atoms with Crippen LogP contribution >= 0.6 is 22.9 Å². The lowest BCUT2D eigenvalue weighted by Crippen LogP contribution is -2.44. The molecule has 0 aliphatic carbocycles. The molecule has 5 rings (SSSR count). The van der Waals surface area contributed by atoms with E-state index < -0.39 is 17.2 Å². The zero-order chi connectivity index (χ0) is 22.6. The molecule has 0 radical (unpaired) electrons. The van der Waals surface area contributed by atoms with E-state index in [9.17, 15) is 13.6 Å². The fourth-order valence-electron chi connectivity index (χ4n) is 4.30. The van der Waals surface area contributed by atoms with Gasteiger partial charge in [-0.15, -0.1) is 11.3 Å². The number of hydrogen-bond acceptors (Lipinski definition) is 4. The van der Waals surface area contributed by atoms with E-state index in [0.717, 1.165) is 27.9 Å². The second-order valence-corrected chi connectivity index (χ2v) is 9.73. The molecule has 0 spiro atoms. The molecule has 9 heteroatoms. The van der Waals surface area contributed by atoms with Crippen LogP contribution in [0, 0.1) is 18.6 Å². The first-order chi connectivity index (χ1) is 15.3. The number of likely N-dealkylation sites (tertiary alicyclic amines) is 1. The lowest BCUT2D eigenvalue weighted by molar-refractivity contribution is 0.0601. The Kier molecular flexibility index (Phi) is 5.02. The summed E-state index contributed by atoms with van der Waals surface area (Å²) in [5, 5.41) is 1.39. The maximum Gasteiger partial charge on any atom is 0.274 e. The van der Waals surface area contributed by atoms with Crippen LogP contribution in [0.2, 0.25) is 5.02 Å². The summed E-state index contributed by atoms with van der Waals surface area (Å²) in [6.07, 6.45) is 1.40. The molecule has 1 fully saturated rings. The first-order valence-electron chi connectivity index (χ1n) is 10.2. The molecule has 2 aromatic heterocycles. The predicted octanol–water partition coefficient (Wildman–Crippen LogP) is 6.08. The normalized spacial score (nSPS) is 18.6. The zero-order valence-electron chi connectivity index (χ0n) is 17.4. The SMILES string of the molecule is Cc1nc(C(=O)N2CCCC2(C)c2nc3c(F)c(F)ccc3[nH]2)c(-c2ccc(Cl)cc2)s1. The summed E-state index contributed by atoms with van der Waals surface area (Å²) in [5.41, 5.74) is 0.771. The highest BCUT2D eigenvalue weighted by Gasteiger charge is 2.45. The van der Waals surface area contributed by atoms with Gasteiger partial charge in [0.2, 0.25) is 0 Å². The highest BCUT2D eigenvalue weighted by atomic mass is 35.5. The Labute approximate surface area is 192 Å². The summed E-state index contributed by atoms with van der Waals surface area (Å²) < 4.78 is 27.9. The Morgan fingerprint density at radius 2 is 1.94 bits per heavy atom. The summed E-state index contributed by atoms with van der Waals surface area (Å²) >= 11 is 7.47. The minimum Gasteiger partial charge on any atom is -0.340 e. The third-order valence-corrected chi connectivity index (χ3v) is 7.26. The molecular formula is C23H19ClF2N4OS. The Balaban J connectivity index is 1.56. The standard InChI is InChI=1S/C23H19ClF2N4OS/c1-12-27-19(20(32-12)13-4-6-14(24)7-5-13)21(31)30-11-3-10-23(30,2)22-28-16-9-8-15(25)17(26)18(16)29-22/h4-9H,3,10-11H2,1-2H3,(H,28,29). The number of thiazole rings is 1. The number of nitrogens with zero attached hydrogens (tertiary/aromatic N) is 3. The van der Waals surface area contributed by atoms with Gasteiger partial charge in [0.05, 0.1) is 20.9 Å². The number of amides is 1. The van der Waals surface area contributed by atoms with Gasteiger partial charge < -0.3 is 9.88 Å². The highest BCUT2D eigenvalue weighted by Crippen LogP contribution is 2.41. The van der Waals surface area contributed by atoms with Gasteiger partial charge in [-0.3, -0.25) is 4.79 Å². The number of H-pyrrole nitrogens is 1. The van der Waals surface area contributed by atoms with E-state index in [0.29, 0.717) is 35.0 Å². The molecule has 1 atom stereocenters. The van der Waals surface area contributed by atoms with Gasteiger partial charge in [-0.1, -0.05) is 23.7 Å². The molecule has 1 N–H and O–H groups in total. The third-order valence-electron chi connectivity index (χ3n) is 5.99. The molecule has 32 heavy (non-hydrogen) atoms. The number of aryl methyl sites for hydroxylation is 1. The Morgan fingerprint density at radius 1 is 1.19 bits per heavy atom. The average molecular weight is 473 g/mol. The molecular weight excluding hydrogens is 454 g/mol. The number of carbonyl (C=O) groups is 1. The van der Waals surface area contributed by atoms with Crippen molar-refractivity contribution in [2.24, 2.45) is 0 Å². The van der Waals surface area contributed by atoms with E-state index in [2.05, 4.69) is 15.0 Å². The number of carbonyl (C=O) groups excluding carboxylic acids is 1. The van der Waals surface area contributed by atoms with Crippen LogP contribution in [-0.2, 0) is 5.54 Å². The molecule has 164 valence electrons. The molecule has 0 bridgehead atoms. The predicted molar refractivity (Wildman–Crippen MR) is 121 cm³/mol. The lowest BCUT2D eigenvalue weighted by Gasteiger charge is -2.33. The van der Waals surface area contributed by atoms with E-state index in [1.165, 1.54) is 17.4 Å². The van der Waals surface area contributed by atoms with E-state index in [-0.39, 0.29) is 11.4 Å². The minimum absolute atomic E-state index is 0.0631. The summed E-state index contributed by atoms with van der Waals surface area (Å²) in [4.78, 5) is 28.2. The number of fused-ring (bicyclic) bond motifs is 1. The Bertz CT molecular complexity index is 1350. The minimum atomic E-state index is -0.996. The van der Waals surface area contributed by atoms with Crippen molar-refractivity contribution in [1.82, 2.24) is 19.9 Å². The Hall–Kier alpha value is -2.84. The van der Waals surface area contributed by atoms with Crippen LogP contribution in [0.5, 0.6) is 0 Å². The van der Waals surface area contributed by atoms with Crippen LogP contribution in [-0.4, -0.2) is 32.3 Å². The van der Waals surface area contributed by atoms with Gasteiger partial charge in [0.15, 0.2) is 11.6 Å². The van der Waals surface area contributed by atoms with Gasteiger partial charge in [0.25, 0.3) is 5.91 Å². The molecule has 1 amide bonds. The van der Waals surface area contributed by atoms with Crippen molar-refractivity contribution in [3.63, 3.8) is 0 Å². The molecule has 2 aromatic carbocycles. The van der Waals surface area contributed by atoms with Gasteiger partial charge in [-0.25, -0.2) is 18.7 Å². The number of imidazole rings is 1. The molecule has 1 aliphatic heterocycles. The van der Waals surface area contributed by atoms with Crippen molar-refractivity contribution in [3.05, 3.63) is 69.6 Å². The maximum atomic E-state index is 14.3. The molecule has 1 saturated heterocycles. The van der Waals surface area contributed by atoms with E-state index >= 15 is 0 Å². The quantitative estimate of drug-likeness (QED) is 0.393. The van der Waals surface area contributed by atoms with Gasteiger partial charge in [0, 0.05) is 11.6 Å². The number of hydrogen-bond donors (Lipinski definition) is 1. The summed E-state index contributed by atoms with van der Waals surface area (Å²) in [6.45, 7) is 4.27. The number of rotatable bonds is 3. The molecule has 5 nitrogen and oxygen atoms in total. The molecule has 4 aromatic rings. The third kappa shape index (κ3) is 3.29. The number of halogens is 3. The second kappa shape index (κ2) is 7.64.